The standard InChI is InChI=1S/C12H5Cl2FN2O2S/c13-7-1-6-9(2-8(7)15)17(11(19)10(6)18)4-5-3-16-12(14)20-5/h1-3H,4H2. The Bertz CT molecular complexity index is 747. The van der Waals surface area contributed by atoms with Crippen LogP contribution in [-0.4, -0.2) is 16.7 Å². The van der Waals surface area contributed by atoms with E-state index in [9.17, 15) is 14.0 Å². The zero-order chi connectivity index (χ0) is 14.4. The predicted molar refractivity (Wildman–Crippen MR) is 74.1 cm³/mol. The summed E-state index contributed by atoms with van der Waals surface area (Å²) in [4.78, 5) is 29.6. The number of carbonyl (C=O) groups excluding carboxylic acids is 2. The van der Waals surface area contributed by atoms with Crippen LogP contribution in [0.15, 0.2) is 18.3 Å². The quantitative estimate of drug-likeness (QED) is 0.793. The lowest BCUT2D eigenvalue weighted by atomic mass is 10.1. The second kappa shape index (κ2) is 4.80. The topological polar surface area (TPSA) is 50.3 Å². The van der Waals surface area contributed by atoms with E-state index in [1.54, 1.807) is 0 Å². The zero-order valence-electron chi connectivity index (χ0n) is 9.69. The van der Waals surface area contributed by atoms with E-state index in [4.69, 9.17) is 23.2 Å². The maximum atomic E-state index is 13.5. The van der Waals surface area contributed by atoms with Gasteiger partial charge in [0.05, 0.1) is 22.8 Å². The first-order valence-corrected chi connectivity index (χ1v) is 7.00. The number of aromatic nitrogens is 1. The summed E-state index contributed by atoms with van der Waals surface area (Å²) in [5.41, 5.74) is 0.323. The number of nitrogens with zero attached hydrogens (tertiary/aromatic N) is 2. The van der Waals surface area contributed by atoms with Crippen LogP contribution in [-0.2, 0) is 11.3 Å². The number of rotatable bonds is 2. The fraction of sp³-hybridized carbons (Fsp3) is 0.0833. The minimum absolute atomic E-state index is 0.108. The largest absolute Gasteiger partial charge is 0.299 e. The van der Waals surface area contributed by atoms with Gasteiger partial charge in [0, 0.05) is 11.1 Å². The number of hydrogen-bond acceptors (Lipinski definition) is 4. The molecule has 2 heterocycles. The molecule has 3 rings (SSSR count). The number of hydrogen-bond donors (Lipinski definition) is 0. The molecule has 0 radical (unpaired) electrons. The maximum absolute atomic E-state index is 13.5. The number of Topliss-reactive ketones (excluding diaryl/α,β-unsaturated/α-hetero) is 1. The van der Waals surface area contributed by atoms with E-state index in [0.29, 0.717) is 9.34 Å². The van der Waals surface area contributed by atoms with Crippen molar-refractivity contribution in [2.24, 2.45) is 0 Å². The Balaban J connectivity index is 2.03. The molecule has 1 amide bonds. The van der Waals surface area contributed by atoms with E-state index in [1.807, 2.05) is 0 Å². The molecular formula is C12H5Cl2FN2O2S. The lowest BCUT2D eigenvalue weighted by Gasteiger charge is -2.15. The monoisotopic (exact) mass is 330 g/mol. The lowest BCUT2D eigenvalue weighted by Crippen LogP contribution is -2.28. The van der Waals surface area contributed by atoms with Crippen LogP contribution in [0.5, 0.6) is 0 Å². The molecule has 1 aliphatic heterocycles. The third kappa shape index (κ3) is 2.09. The number of amides is 1. The number of ketones is 1. The number of thiazole rings is 1. The highest BCUT2D eigenvalue weighted by Gasteiger charge is 2.37. The molecule has 0 fully saturated rings. The van der Waals surface area contributed by atoms with Crippen LogP contribution in [0.4, 0.5) is 10.1 Å². The fourth-order valence-electron chi connectivity index (χ4n) is 1.96. The molecule has 0 spiro atoms. The summed E-state index contributed by atoms with van der Waals surface area (Å²) in [5, 5.41) is -0.187. The zero-order valence-corrected chi connectivity index (χ0v) is 12.0. The summed E-state index contributed by atoms with van der Waals surface area (Å²) in [6, 6.07) is 2.26. The Morgan fingerprint density at radius 2 is 2.05 bits per heavy atom. The van der Waals surface area contributed by atoms with Gasteiger partial charge in [0.25, 0.3) is 11.7 Å². The van der Waals surface area contributed by atoms with Crippen molar-refractivity contribution < 1.29 is 14.0 Å². The first kappa shape index (κ1) is 13.5. The molecule has 1 aromatic carbocycles. The predicted octanol–water partition coefficient (Wildman–Crippen LogP) is 3.32. The van der Waals surface area contributed by atoms with E-state index in [1.165, 1.54) is 28.5 Å². The molecule has 0 aliphatic carbocycles. The van der Waals surface area contributed by atoms with Crippen molar-refractivity contribution in [2.75, 3.05) is 4.90 Å². The lowest BCUT2D eigenvalue weighted by molar-refractivity contribution is -0.114. The molecule has 20 heavy (non-hydrogen) atoms. The fourth-order valence-corrected chi connectivity index (χ4v) is 3.09. The molecule has 0 N–H and O–H groups in total. The van der Waals surface area contributed by atoms with Crippen LogP contribution >= 0.6 is 34.5 Å². The number of fused-ring (bicyclic) bond motifs is 1. The average molecular weight is 331 g/mol. The van der Waals surface area contributed by atoms with Gasteiger partial charge in [-0.3, -0.25) is 14.5 Å². The van der Waals surface area contributed by atoms with E-state index < -0.39 is 17.5 Å². The summed E-state index contributed by atoms with van der Waals surface area (Å²) in [5.74, 6) is -2.09. The number of anilines is 1. The second-order valence-corrected chi connectivity index (χ2v) is 6.19. The van der Waals surface area contributed by atoms with Crippen LogP contribution in [0.1, 0.15) is 15.2 Å². The molecule has 0 atom stereocenters. The van der Waals surface area contributed by atoms with Crippen molar-refractivity contribution in [1.29, 1.82) is 0 Å². The Hall–Kier alpha value is -1.50. The highest BCUT2D eigenvalue weighted by Crippen LogP contribution is 2.34. The molecule has 2 aromatic rings. The number of carbonyl (C=O) groups is 2. The summed E-state index contributed by atoms with van der Waals surface area (Å²) >= 11 is 12.5. The van der Waals surface area contributed by atoms with Gasteiger partial charge in [0.2, 0.25) is 0 Å². The first-order chi connectivity index (χ1) is 9.47. The van der Waals surface area contributed by atoms with Gasteiger partial charge in [-0.05, 0) is 12.1 Å². The van der Waals surface area contributed by atoms with E-state index >= 15 is 0 Å². The molecule has 0 saturated carbocycles. The number of halogens is 3. The van der Waals surface area contributed by atoms with Crippen LogP contribution in [0.3, 0.4) is 0 Å². The van der Waals surface area contributed by atoms with Crippen molar-refractivity contribution in [3.8, 4) is 0 Å². The smallest absolute Gasteiger partial charge is 0.299 e. The van der Waals surface area contributed by atoms with Gasteiger partial charge < -0.3 is 0 Å². The van der Waals surface area contributed by atoms with Crippen molar-refractivity contribution in [1.82, 2.24) is 4.98 Å². The Labute approximate surface area is 126 Å². The minimum atomic E-state index is -0.716. The second-order valence-electron chi connectivity index (χ2n) is 4.08. The summed E-state index contributed by atoms with van der Waals surface area (Å²) < 4.78 is 13.9. The third-order valence-electron chi connectivity index (χ3n) is 2.85. The minimum Gasteiger partial charge on any atom is -0.299 e. The number of benzene rings is 1. The van der Waals surface area contributed by atoms with E-state index in [2.05, 4.69) is 4.98 Å². The molecule has 1 aromatic heterocycles. The summed E-state index contributed by atoms with van der Waals surface area (Å²) in [6.45, 7) is 0.114. The molecule has 4 nitrogen and oxygen atoms in total. The molecule has 0 unspecified atom stereocenters. The van der Waals surface area contributed by atoms with Gasteiger partial charge in [-0.2, -0.15) is 0 Å². The van der Waals surface area contributed by atoms with Crippen molar-refractivity contribution in [2.45, 2.75) is 6.54 Å². The first-order valence-electron chi connectivity index (χ1n) is 5.43. The summed E-state index contributed by atoms with van der Waals surface area (Å²) in [7, 11) is 0. The van der Waals surface area contributed by atoms with Crippen LogP contribution in [0, 0.1) is 5.82 Å². The Morgan fingerprint density at radius 1 is 1.30 bits per heavy atom. The summed E-state index contributed by atoms with van der Waals surface area (Å²) in [6.07, 6.45) is 1.51. The van der Waals surface area contributed by atoms with Gasteiger partial charge in [-0.1, -0.05) is 23.2 Å². The van der Waals surface area contributed by atoms with Gasteiger partial charge in [0.1, 0.15) is 5.82 Å². The Kier molecular flexibility index (Phi) is 3.24. The van der Waals surface area contributed by atoms with E-state index in [0.717, 1.165) is 6.07 Å². The van der Waals surface area contributed by atoms with Crippen molar-refractivity contribution >= 4 is 51.9 Å². The Morgan fingerprint density at radius 3 is 2.70 bits per heavy atom. The third-order valence-corrected chi connectivity index (χ3v) is 4.24. The van der Waals surface area contributed by atoms with Gasteiger partial charge >= 0.3 is 0 Å². The van der Waals surface area contributed by atoms with Crippen LogP contribution in [0.25, 0.3) is 0 Å². The molecule has 1 aliphatic rings. The van der Waals surface area contributed by atoms with Crippen LogP contribution < -0.4 is 4.90 Å². The molecule has 8 heteroatoms. The van der Waals surface area contributed by atoms with E-state index in [-0.39, 0.29) is 22.8 Å². The van der Waals surface area contributed by atoms with Crippen molar-refractivity contribution in [3.05, 3.63) is 44.1 Å². The average Bonchev–Trinajstić information content (AvgIpc) is 2.90. The maximum Gasteiger partial charge on any atom is 0.299 e. The molecule has 102 valence electrons. The normalized spacial score (nSPS) is 14.1. The van der Waals surface area contributed by atoms with Crippen molar-refractivity contribution in [3.63, 3.8) is 0 Å². The highest BCUT2D eigenvalue weighted by atomic mass is 35.5. The van der Waals surface area contributed by atoms with Gasteiger partial charge in [-0.15, -0.1) is 11.3 Å². The SMILES string of the molecule is O=C1C(=O)N(Cc2cnc(Cl)s2)c2cc(F)c(Cl)cc21. The molecular weight excluding hydrogens is 326 g/mol. The molecule has 0 bridgehead atoms. The van der Waals surface area contributed by atoms with Gasteiger partial charge in [-0.25, -0.2) is 9.37 Å². The van der Waals surface area contributed by atoms with Gasteiger partial charge in [0.15, 0.2) is 4.47 Å². The molecule has 0 saturated heterocycles. The van der Waals surface area contributed by atoms with Crippen LogP contribution in [0.2, 0.25) is 9.49 Å². The highest BCUT2D eigenvalue weighted by molar-refractivity contribution is 7.15.